The Balaban J connectivity index is 2.27. The molecule has 0 aromatic carbocycles. The summed E-state index contributed by atoms with van der Waals surface area (Å²) in [5, 5.41) is 8.93. The monoisotopic (exact) mass is 229 g/mol. The summed E-state index contributed by atoms with van der Waals surface area (Å²) >= 11 is 0. The average molecular weight is 229 g/mol. The molecule has 1 aliphatic carbocycles. The van der Waals surface area contributed by atoms with Gasteiger partial charge in [0.25, 0.3) is 0 Å². The highest BCUT2D eigenvalue weighted by Crippen LogP contribution is 2.34. The minimum Gasteiger partial charge on any atom is -0.479 e. The second-order valence-corrected chi connectivity index (χ2v) is 4.63. The fourth-order valence-corrected chi connectivity index (χ4v) is 1.94. The number of carboxylic acids is 1. The molecule has 0 aromatic rings. The van der Waals surface area contributed by atoms with Gasteiger partial charge in [-0.2, -0.15) is 0 Å². The number of carboxylic acid groups (broad SMARTS) is 1. The van der Waals surface area contributed by atoms with Crippen molar-refractivity contribution in [3.05, 3.63) is 0 Å². The first-order valence-electron chi connectivity index (χ1n) is 6.10. The molecule has 1 saturated carbocycles. The maximum absolute atomic E-state index is 10.9. The summed E-state index contributed by atoms with van der Waals surface area (Å²) in [6.07, 6.45) is 2.55. The molecule has 0 amide bonds. The van der Waals surface area contributed by atoms with E-state index in [0.717, 1.165) is 12.5 Å². The number of nitrogens with zero attached hydrogens (tertiary/aromatic N) is 1. The molecule has 0 spiro atoms. The van der Waals surface area contributed by atoms with Gasteiger partial charge in [-0.3, -0.25) is 0 Å². The Morgan fingerprint density at radius 1 is 1.56 bits per heavy atom. The first-order chi connectivity index (χ1) is 7.56. The highest BCUT2D eigenvalue weighted by molar-refractivity contribution is 5.72. The molecule has 0 radical (unpaired) electrons. The van der Waals surface area contributed by atoms with Gasteiger partial charge >= 0.3 is 5.97 Å². The molecule has 0 aliphatic heterocycles. The van der Waals surface area contributed by atoms with E-state index >= 15 is 0 Å². The van der Waals surface area contributed by atoms with Gasteiger partial charge in [0.2, 0.25) is 0 Å². The molecule has 0 heterocycles. The Kier molecular flexibility index (Phi) is 5.22. The van der Waals surface area contributed by atoms with Crippen molar-refractivity contribution in [3.8, 4) is 0 Å². The van der Waals surface area contributed by atoms with Crippen LogP contribution < -0.4 is 0 Å². The highest BCUT2D eigenvalue weighted by Gasteiger charge is 2.30. The molecule has 2 unspecified atom stereocenters. The molecule has 0 saturated heterocycles. The fourth-order valence-electron chi connectivity index (χ4n) is 1.94. The predicted molar refractivity (Wildman–Crippen MR) is 62.5 cm³/mol. The van der Waals surface area contributed by atoms with E-state index in [0.29, 0.717) is 19.1 Å². The van der Waals surface area contributed by atoms with Gasteiger partial charge in [-0.1, -0.05) is 0 Å². The largest absolute Gasteiger partial charge is 0.479 e. The van der Waals surface area contributed by atoms with Gasteiger partial charge in [0, 0.05) is 19.2 Å². The van der Waals surface area contributed by atoms with Crippen molar-refractivity contribution in [2.75, 3.05) is 20.2 Å². The van der Waals surface area contributed by atoms with Crippen LogP contribution in [0.5, 0.6) is 0 Å². The van der Waals surface area contributed by atoms with Crippen LogP contribution >= 0.6 is 0 Å². The molecule has 4 heteroatoms. The summed E-state index contributed by atoms with van der Waals surface area (Å²) in [7, 11) is 2.06. The van der Waals surface area contributed by atoms with Gasteiger partial charge in [0.15, 0.2) is 6.10 Å². The van der Waals surface area contributed by atoms with Crippen LogP contribution in [-0.4, -0.2) is 48.3 Å². The van der Waals surface area contributed by atoms with Crippen molar-refractivity contribution < 1.29 is 14.6 Å². The third-order valence-corrected chi connectivity index (χ3v) is 3.39. The van der Waals surface area contributed by atoms with E-state index in [-0.39, 0.29) is 0 Å². The minimum absolute atomic E-state index is 0.457. The number of aliphatic carboxylic acids is 1. The maximum atomic E-state index is 10.9. The molecular weight excluding hydrogens is 206 g/mol. The standard InChI is InChI=1S/C12H23NO3/c1-4-16-11(12(14)15)7-8-13(3)9(2)10-5-6-10/h9-11H,4-8H2,1-3H3,(H,14,15). The molecule has 0 bridgehead atoms. The maximum Gasteiger partial charge on any atom is 0.332 e. The van der Waals surface area contributed by atoms with E-state index in [4.69, 9.17) is 9.84 Å². The van der Waals surface area contributed by atoms with Gasteiger partial charge in [0.05, 0.1) is 0 Å². The van der Waals surface area contributed by atoms with Crippen molar-refractivity contribution in [2.45, 2.75) is 45.3 Å². The number of hydrogen-bond acceptors (Lipinski definition) is 3. The summed E-state index contributed by atoms with van der Waals surface area (Å²) in [5.74, 6) is -0.0327. The SMILES string of the molecule is CCOC(CCN(C)C(C)C1CC1)C(=O)O. The molecule has 94 valence electrons. The quantitative estimate of drug-likeness (QED) is 0.687. The highest BCUT2D eigenvalue weighted by atomic mass is 16.5. The Hall–Kier alpha value is -0.610. The Bertz CT molecular complexity index is 228. The van der Waals surface area contributed by atoms with E-state index in [1.54, 1.807) is 0 Å². The molecule has 4 nitrogen and oxygen atoms in total. The first kappa shape index (κ1) is 13.5. The minimum atomic E-state index is -0.852. The summed E-state index contributed by atoms with van der Waals surface area (Å²) in [4.78, 5) is 13.1. The Morgan fingerprint density at radius 2 is 2.19 bits per heavy atom. The second-order valence-electron chi connectivity index (χ2n) is 4.63. The van der Waals surface area contributed by atoms with Crippen LogP contribution in [0.4, 0.5) is 0 Å². The lowest BCUT2D eigenvalue weighted by Gasteiger charge is -2.25. The lowest BCUT2D eigenvalue weighted by molar-refractivity contribution is -0.150. The molecule has 1 aliphatic rings. The van der Waals surface area contributed by atoms with E-state index in [1.807, 2.05) is 6.92 Å². The zero-order chi connectivity index (χ0) is 12.1. The van der Waals surface area contributed by atoms with Gasteiger partial charge in [-0.15, -0.1) is 0 Å². The van der Waals surface area contributed by atoms with Crippen molar-refractivity contribution >= 4 is 5.97 Å². The summed E-state index contributed by atoms with van der Waals surface area (Å²) in [6, 6.07) is 0.566. The van der Waals surface area contributed by atoms with Crippen molar-refractivity contribution in [3.63, 3.8) is 0 Å². The van der Waals surface area contributed by atoms with E-state index in [9.17, 15) is 4.79 Å². The van der Waals surface area contributed by atoms with Crippen LogP contribution in [0.2, 0.25) is 0 Å². The molecular formula is C12H23NO3. The van der Waals surface area contributed by atoms with Crippen molar-refractivity contribution in [1.82, 2.24) is 4.90 Å². The zero-order valence-electron chi connectivity index (χ0n) is 10.5. The van der Waals surface area contributed by atoms with Crippen LogP contribution in [0, 0.1) is 5.92 Å². The third-order valence-electron chi connectivity index (χ3n) is 3.39. The van der Waals surface area contributed by atoms with E-state index in [2.05, 4.69) is 18.9 Å². The summed E-state index contributed by atoms with van der Waals surface area (Å²) < 4.78 is 5.18. The van der Waals surface area contributed by atoms with Gasteiger partial charge in [-0.25, -0.2) is 4.79 Å². The lowest BCUT2D eigenvalue weighted by atomic mass is 10.1. The Morgan fingerprint density at radius 3 is 2.62 bits per heavy atom. The van der Waals surface area contributed by atoms with Crippen LogP contribution in [-0.2, 0) is 9.53 Å². The van der Waals surface area contributed by atoms with Crippen LogP contribution in [0.3, 0.4) is 0 Å². The normalized spacial score (nSPS) is 19.8. The third kappa shape index (κ3) is 4.10. The van der Waals surface area contributed by atoms with Crippen LogP contribution in [0.1, 0.15) is 33.1 Å². The van der Waals surface area contributed by atoms with Crippen LogP contribution in [0.25, 0.3) is 0 Å². The zero-order valence-corrected chi connectivity index (χ0v) is 10.5. The average Bonchev–Trinajstić information content (AvgIpc) is 3.05. The molecule has 1 fully saturated rings. The Labute approximate surface area is 97.6 Å². The van der Waals surface area contributed by atoms with Crippen molar-refractivity contribution in [1.29, 1.82) is 0 Å². The predicted octanol–water partition coefficient (Wildman–Crippen LogP) is 1.60. The molecule has 1 N–H and O–H groups in total. The number of hydrogen-bond donors (Lipinski definition) is 1. The second kappa shape index (κ2) is 6.21. The smallest absolute Gasteiger partial charge is 0.332 e. The lowest BCUT2D eigenvalue weighted by Crippen LogP contribution is -2.35. The van der Waals surface area contributed by atoms with Gasteiger partial charge < -0.3 is 14.7 Å². The summed E-state index contributed by atoms with van der Waals surface area (Å²) in [5.41, 5.74) is 0. The number of rotatable bonds is 8. The topological polar surface area (TPSA) is 49.8 Å². The van der Waals surface area contributed by atoms with Gasteiger partial charge in [-0.05, 0) is 46.1 Å². The first-order valence-corrected chi connectivity index (χ1v) is 6.10. The number of ether oxygens (including phenoxy) is 1. The molecule has 0 aromatic heterocycles. The van der Waals surface area contributed by atoms with E-state index in [1.165, 1.54) is 12.8 Å². The fraction of sp³-hybridized carbons (Fsp3) is 0.917. The molecule has 1 rings (SSSR count). The molecule has 2 atom stereocenters. The number of carbonyl (C=O) groups is 1. The van der Waals surface area contributed by atoms with E-state index < -0.39 is 12.1 Å². The van der Waals surface area contributed by atoms with Crippen LogP contribution in [0.15, 0.2) is 0 Å². The van der Waals surface area contributed by atoms with Gasteiger partial charge in [0.1, 0.15) is 0 Å². The summed E-state index contributed by atoms with van der Waals surface area (Å²) in [6.45, 7) is 5.29. The molecule has 16 heavy (non-hydrogen) atoms. The van der Waals surface area contributed by atoms with Crippen molar-refractivity contribution in [2.24, 2.45) is 5.92 Å².